The molecule has 5 heteroatoms. The smallest absolute Gasteiger partial charge is 0.191 e. The number of guanidine groups is 1. The van der Waals surface area contributed by atoms with E-state index in [0.29, 0.717) is 6.04 Å². The molecule has 3 aliphatic rings. The van der Waals surface area contributed by atoms with Gasteiger partial charge in [0.25, 0.3) is 0 Å². The van der Waals surface area contributed by atoms with E-state index in [-0.39, 0.29) is 6.10 Å². The minimum atomic E-state index is 0.246. The topological polar surface area (TPSA) is 48.9 Å². The summed E-state index contributed by atoms with van der Waals surface area (Å²) in [5, 5.41) is 6.84. The van der Waals surface area contributed by atoms with E-state index in [9.17, 15) is 0 Å². The Morgan fingerprint density at radius 2 is 2.29 bits per heavy atom. The second-order valence-electron chi connectivity index (χ2n) is 7.25. The van der Waals surface area contributed by atoms with Gasteiger partial charge in [-0.3, -0.25) is 9.89 Å². The Labute approximate surface area is 146 Å². The lowest BCUT2D eigenvalue weighted by Crippen LogP contribution is -2.47. The van der Waals surface area contributed by atoms with E-state index in [2.05, 4.69) is 28.5 Å². The van der Waals surface area contributed by atoms with Gasteiger partial charge in [-0.2, -0.15) is 0 Å². The van der Waals surface area contributed by atoms with Crippen LogP contribution in [-0.2, 0) is 4.74 Å². The van der Waals surface area contributed by atoms with E-state index in [1.54, 1.807) is 5.57 Å². The van der Waals surface area contributed by atoms with Gasteiger partial charge >= 0.3 is 0 Å². The third-order valence-corrected chi connectivity index (χ3v) is 5.38. The molecular formula is C19H34N4O. The van der Waals surface area contributed by atoms with Crippen molar-refractivity contribution >= 4 is 5.96 Å². The number of rotatable bonds is 6. The number of fused-ring (bicyclic) bond motifs is 1. The minimum Gasteiger partial charge on any atom is -0.373 e. The zero-order chi connectivity index (χ0) is 16.6. The van der Waals surface area contributed by atoms with Gasteiger partial charge in [-0.1, -0.05) is 11.6 Å². The summed E-state index contributed by atoms with van der Waals surface area (Å²) in [6.45, 7) is 7.90. The van der Waals surface area contributed by atoms with Gasteiger partial charge in [0.05, 0.1) is 19.3 Å². The summed E-state index contributed by atoms with van der Waals surface area (Å²) in [5.74, 6) is 0.932. The van der Waals surface area contributed by atoms with Gasteiger partial charge in [-0.05, 0) is 58.4 Å². The first kappa shape index (κ1) is 17.7. The first-order valence-electron chi connectivity index (χ1n) is 9.91. The standard InChI is InChI=1S/C19H34N4O/c1-2-20-19(21-11-10-16-7-4-3-5-8-16)22-13-18-14-23-12-6-9-17(23)15-24-18/h7,17-18H,2-6,8-15H2,1H3,(H2,20,21,22). The second kappa shape index (κ2) is 9.42. The van der Waals surface area contributed by atoms with Crippen LogP contribution >= 0.6 is 0 Å². The number of nitrogens with zero attached hydrogens (tertiary/aromatic N) is 2. The molecule has 0 radical (unpaired) electrons. The van der Waals surface area contributed by atoms with Crippen molar-refractivity contribution in [1.82, 2.24) is 15.5 Å². The van der Waals surface area contributed by atoms with Gasteiger partial charge < -0.3 is 15.4 Å². The highest BCUT2D eigenvalue weighted by molar-refractivity contribution is 5.79. The van der Waals surface area contributed by atoms with Crippen LogP contribution in [0.4, 0.5) is 0 Å². The third-order valence-electron chi connectivity index (χ3n) is 5.38. The molecule has 0 spiro atoms. The van der Waals surface area contributed by atoms with Crippen molar-refractivity contribution in [2.45, 2.75) is 64.0 Å². The van der Waals surface area contributed by atoms with Crippen LogP contribution in [0.25, 0.3) is 0 Å². The number of allylic oxidation sites excluding steroid dienone is 1. The number of hydrogen-bond acceptors (Lipinski definition) is 3. The Bertz CT molecular complexity index is 449. The molecule has 0 amide bonds. The van der Waals surface area contributed by atoms with Gasteiger partial charge in [0.2, 0.25) is 0 Å². The van der Waals surface area contributed by atoms with Crippen molar-refractivity contribution < 1.29 is 4.74 Å². The van der Waals surface area contributed by atoms with Crippen LogP contribution in [0.1, 0.15) is 51.9 Å². The molecular weight excluding hydrogens is 300 g/mol. The van der Waals surface area contributed by atoms with Crippen molar-refractivity contribution in [2.75, 3.05) is 39.3 Å². The molecule has 2 fully saturated rings. The highest BCUT2D eigenvalue weighted by Gasteiger charge is 2.31. The maximum absolute atomic E-state index is 6.01. The Morgan fingerprint density at radius 1 is 1.33 bits per heavy atom. The molecule has 0 bridgehead atoms. The minimum absolute atomic E-state index is 0.246. The Morgan fingerprint density at radius 3 is 3.12 bits per heavy atom. The number of aliphatic imine (C=N–C) groups is 1. The van der Waals surface area contributed by atoms with E-state index in [0.717, 1.165) is 45.2 Å². The van der Waals surface area contributed by atoms with Gasteiger partial charge in [-0.15, -0.1) is 0 Å². The molecule has 2 unspecified atom stereocenters. The molecule has 2 aliphatic heterocycles. The molecule has 0 aromatic carbocycles. The molecule has 0 aromatic heterocycles. The molecule has 136 valence electrons. The zero-order valence-corrected chi connectivity index (χ0v) is 15.2. The van der Waals surface area contributed by atoms with Crippen molar-refractivity contribution in [3.05, 3.63) is 11.6 Å². The summed E-state index contributed by atoms with van der Waals surface area (Å²) in [6, 6.07) is 0.667. The van der Waals surface area contributed by atoms with Crippen LogP contribution in [-0.4, -0.2) is 62.3 Å². The van der Waals surface area contributed by atoms with Crippen LogP contribution < -0.4 is 10.6 Å². The quantitative estimate of drug-likeness (QED) is 0.444. The molecule has 0 saturated carbocycles. The fourth-order valence-corrected chi connectivity index (χ4v) is 4.00. The number of nitrogens with one attached hydrogen (secondary N) is 2. The predicted octanol–water partition coefficient (Wildman–Crippen LogP) is 2.30. The number of ether oxygens (including phenoxy) is 1. The summed E-state index contributed by atoms with van der Waals surface area (Å²) >= 11 is 0. The fraction of sp³-hybridized carbons (Fsp3) is 0.842. The molecule has 5 nitrogen and oxygen atoms in total. The molecule has 2 atom stereocenters. The maximum atomic E-state index is 6.01. The fourth-order valence-electron chi connectivity index (χ4n) is 4.00. The Hall–Kier alpha value is -1.07. The van der Waals surface area contributed by atoms with Gasteiger partial charge in [0.15, 0.2) is 5.96 Å². The van der Waals surface area contributed by atoms with Gasteiger partial charge in [0, 0.05) is 25.7 Å². The maximum Gasteiger partial charge on any atom is 0.191 e. The largest absolute Gasteiger partial charge is 0.373 e. The summed E-state index contributed by atoms with van der Waals surface area (Å²) in [7, 11) is 0. The van der Waals surface area contributed by atoms with E-state index in [4.69, 9.17) is 9.73 Å². The lowest BCUT2D eigenvalue weighted by molar-refractivity contribution is -0.0432. The predicted molar refractivity (Wildman–Crippen MR) is 99.5 cm³/mol. The molecule has 3 rings (SSSR count). The molecule has 24 heavy (non-hydrogen) atoms. The number of hydrogen-bond donors (Lipinski definition) is 2. The lowest BCUT2D eigenvalue weighted by Gasteiger charge is -2.34. The molecule has 2 saturated heterocycles. The summed E-state index contributed by atoms with van der Waals surface area (Å²) in [4.78, 5) is 7.34. The summed E-state index contributed by atoms with van der Waals surface area (Å²) < 4.78 is 6.01. The van der Waals surface area contributed by atoms with Crippen molar-refractivity contribution in [3.63, 3.8) is 0 Å². The average Bonchev–Trinajstić information content (AvgIpc) is 3.08. The summed E-state index contributed by atoms with van der Waals surface area (Å²) in [6.07, 6.45) is 11.7. The van der Waals surface area contributed by atoms with E-state index >= 15 is 0 Å². The number of morpholine rings is 1. The van der Waals surface area contributed by atoms with E-state index in [1.807, 2.05) is 0 Å². The van der Waals surface area contributed by atoms with Crippen molar-refractivity contribution in [1.29, 1.82) is 0 Å². The Balaban J connectivity index is 1.42. The lowest BCUT2D eigenvalue weighted by atomic mass is 9.97. The van der Waals surface area contributed by atoms with Crippen LogP contribution in [0.15, 0.2) is 16.6 Å². The first-order valence-corrected chi connectivity index (χ1v) is 9.91. The molecule has 1 aliphatic carbocycles. The van der Waals surface area contributed by atoms with Crippen LogP contribution in [0, 0.1) is 0 Å². The van der Waals surface area contributed by atoms with E-state index < -0.39 is 0 Å². The molecule has 2 N–H and O–H groups in total. The van der Waals surface area contributed by atoms with Gasteiger partial charge in [-0.25, -0.2) is 0 Å². The highest BCUT2D eigenvalue weighted by atomic mass is 16.5. The van der Waals surface area contributed by atoms with Crippen molar-refractivity contribution in [3.8, 4) is 0 Å². The normalized spacial score (nSPS) is 28.4. The monoisotopic (exact) mass is 334 g/mol. The second-order valence-corrected chi connectivity index (χ2v) is 7.25. The summed E-state index contributed by atoms with van der Waals surface area (Å²) in [5.41, 5.74) is 1.61. The Kier molecular flexibility index (Phi) is 6.97. The first-order chi connectivity index (χ1) is 11.8. The van der Waals surface area contributed by atoms with Crippen molar-refractivity contribution in [2.24, 2.45) is 4.99 Å². The van der Waals surface area contributed by atoms with E-state index in [1.165, 1.54) is 45.1 Å². The third kappa shape index (κ3) is 5.21. The van der Waals surface area contributed by atoms with Gasteiger partial charge in [0.1, 0.15) is 0 Å². The van der Waals surface area contributed by atoms with Crippen LogP contribution in [0.3, 0.4) is 0 Å². The average molecular weight is 335 g/mol. The highest BCUT2D eigenvalue weighted by Crippen LogP contribution is 2.22. The zero-order valence-electron chi connectivity index (χ0n) is 15.2. The molecule has 0 aromatic rings. The molecule has 2 heterocycles. The SMILES string of the molecule is CCNC(=NCC1CN2CCCC2CO1)NCCC1=CCCCC1. The van der Waals surface area contributed by atoms with Crippen LogP contribution in [0.5, 0.6) is 0 Å². The van der Waals surface area contributed by atoms with Crippen LogP contribution in [0.2, 0.25) is 0 Å².